The highest BCUT2D eigenvalue weighted by Gasteiger charge is 2.26. The lowest BCUT2D eigenvalue weighted by atomic mass is 10.0. The summed E-state index contributed by atoms with van der Waals surface area (Å²) in [5, 5.41) is 9.36. The average molecular weight is 251 g/mol. The van der Waals surface area contributed by atoms with Gasteiger partial charge in [-0.2, -0.15) is 0 Å². The van der Waals surface area contributed by atoms with E-state index in [-0.39, 0.29) is 6.04 Å². The van der Waals surface area contributed by atoms with E-state index in [1.54, 1.807) is 6.33 Å². The normalized spacial score (nSPS) is 22.4. The molecule has 0 aliphatic carbocycles. The zero-order valence-corrected chi connectivity index (χ0v) is 10.9. The van der Waals surface area contributed by atoms with E-state index in [0.29, 0.717) is 6.54 Å². The maximum absolute atomic E-state index is 11.4. The Balaban J connectivity index is 2.09. The number of aromatic nitrogens is 2. The van der Waals surface area contributed by atoms with Gasteiger partial charge in [0.1, 0.15) is 6.04 Å². The number of rotatable bonds is 3. The first-order valence-corrected chi connectivity index (χ1v) is 6.60. The predicted octanol–water partition coefficient (Wildman–Crippen LogP) is 1.64. The summed E-state index contributed by atoms with van der Waals surface area (Å²) in [6, 6.07) is -0.347. The Morgan fingerprint density at radius 1 is 1.44 bits per heavy atom. The first-order chi connectivity index (χ1) is 8.68. The second kappa shape index (κ2) is 6.00. The minimum absolute atomic E-state index is 0.347. The van der Waals surface area contributed by atoms with Crippen LogP contribution < -0.4 is 0 Å². The fourth-order valence-electron chi connectivity index (χ4n) is 2.56. The number of imidazole rings is 1. The van der Waals surface area contributed by atoms with Gasteiger partial charge in [0.05, 0.1) is 12.0 Å². The van der Waals surface area contributed by atoms with Crippen molar-refractivity contribution < 1.29 is 9.90 Å². The van der Waals surface area contributed by atoms with Gasteiger partial charge in [-0.1, -0.05) is 19.3 Å². The lowest BCUT2D eigenvalue weighted by Gasteiger charge is -2.30. The Labute approximate surface area is 107 Å². The monoisotopic (exact) mass is 251 g/mol. The van der Waals surface area contributed by atoms with Crippen LogP contribution in [0.2, 0.25) is 0 Å². The molecule has 100 valence electrons. The molecule has 1 aromatic rings. The van der Waals surface area contributed by atoms with E-state index in [9.17, 15) is 9.90 Å². The quantitative estimate of drug-likeness (QED) is 0.887. The van der Waals surface area contributed by atoms with Gasteiger partial charge in [0, 0.05) is 19.8 Å². The summed E-state index contributed by atoms with van der Waals surface area (Å²) < 4.78 is 1.96. The maximum Gasteiger partial charge on any atom is 0.320 e. The number of carboxylic acids is 1. The number of carboxylic acid groups (broad SMARTS) is 1. The Kier molecular flexibility index (Phi) is 4.36. The van der Waals surface area contributed by atoms with Gasteiger partial charge in [-0.3, -0.25) is 9.69 Å². The van der Waals surface area contributed by atoms with Crippen LogP contribution >= 0.6 is 0 Å². The standard InChI is InChI=1S/C13H21N3O2/c1-15-10-14-8-11(15)9-16-7-5-3-2-4-6-12(16)13(17)18/h8,10,12H,2-7,9H2,1H3,(H,17,18). The minimum atomic E-state index is -0.695. The Bertz CT molecular complexity index is 403. The molecule has 5 heteroatoms. The molecule has 5 nitrogen and oxygen atoms in total. The number of hydrogen-bond donors (Lipinski definition) is 1. The third kappa shape index (κ3) is 3.10. The zero-order valence-electron chi connectivity index (χ0n) is 10.9. The third-order valence-electron chi connectivity index (χ3n) is 3.68. The van der Waals surface area contributed by atoms with Crippen LogP contribution in [0, 0.1) is 0 Å². The molecule has 0 amide bonds. The van der Waals surface area contributed by atoms with Gasteiger partial charge in [0.2, 0.25) is 0 Å². The summed E-state index contributed by atoms with van der Waals surface area (Å²) in [5.74, 6) is -0.695. The summed E-state index contributed by atoms with van der Waals surface area (Å²) >= 11 is 0. The van der Waals surface area contributed by atoms with Gasteiger partial charge in [-0.05, 0) is 19.4 Å². The molecule has 1 aliphatic rings. The van der Waals surface area contributed by atoms with E-state index in [4.69, 9.17) is 0 Å². The third-order valence-corrected chi connectivity index (χ3v) is 3.68. The summed E-state index contributed by atoms with van der Waals surface area (Å²) in [5.41, 5.74) is 1.07. The van der Waals surface area contributed by atoms with Gasteiger partial charge in [0.15, 0.2) is 0 Å². The van der Waals surface area contributed by atoms with Gasteiger partial charge < -0.3 is 9.67 Å². The molecule has 0 spiro atoms. The molecule has 0 radical (unpaired) electrons. The molecule has 0 bridgehead atoms. The number of aryl methyl sites for hydroxylation is 1. The van der Waals surface area contributed by atoms with E-state index in [2.05, 4.69) is 9.88 Å². The second-order valence-electron chi connectivity index (χ2n) is 5.02. The van der Waals surface area contributed by atoms with Crippen LogP contribution in [0.4, 0.5) is 0 Å². The lowest BCUT2D eigenvalue weighted by molar-refractivity contribution is -0.144. The van der Waals surface area contributed by atoms with Crippen LogP contribution in [-0.2, 0) is 18.4 Å². The fraction of sp³-hybridized carbons (Fsp3) is 0.692. The molecule has 1 N–H and O–H groups in total. The van der Waals surface area contributed by atoms with Crippen molar-refractivity contribution >= 4 is 5.97 Å². The molecular formula is C13H21N3O2. The summed E-state index contributed by atoms with van der Waals surface area (Å²) in [7, 11) is 1.95. The van der Waals surface area contributed by atoms with E-state index in [1.165, 1.54) is 6.42 Å². The largest absolute Gasteiger partial charge is 0.480 e. The van der Waals surface area contributed by atoms with Crippen LogP contribution in [0.15, 0.2) is 12.5 Å². The second-order valence-corrected chi connectivity index (χ2v) is 5.02. The van der Waals surface area contributed by atoms with E-state index < -0.39 is 5.97 Å². The van der Waals surface area contributed by atoms with Gasteiger partial charge in [-0.25, -0.2) is 4.98 Å². The van der Waals surface area contributed by atoms with Crippen molar-refractivity contribution in [3.63, 3.8) is 0 Å². The molecular weight excluding hydrogens is 230 g/mol. The molecule has 0 aromatic carbocycles. The SMILES string of the molecule is Cn1cncc1CN1CCCCCCC1C(=O)O. The summed E-state index contributed by atoms with van der Waals surface area (Å²) in [6.07, 6.45) is 8.79. The van der Waals surface area contributed by atoms with E-state index in [0.717, 1.165) is 37.9 Å². The molecule has 18 heavy (non-hydrogen) atoms. The number of carbonyl (C=O) groups is 1. The van der Waals surface area contributed by atoms with Crippen molar-refractivity contribution in [3.05, 3.63) is 18.2 Å². The molecule has 1 saturated heterocycles. The minimum Gasteiger partial charge on any atom is -0.480 e. The molecule has 1 aliphatic heterocycles. The Morgan fingerprint density at radius 2 is 2.22 bits per heavy atom. The smallest absolute Gasteiger partial charge is 0.320 e. The highest BCUT2D eigenvalue weighted by molar-refractivity contribution is 5.73. The summed E-state index contributed by atoms with van der Waals surface area (Å²) in [4.78, 5) is 17.5. The summed E-state index contributed by atoms with van der Waals surface area (Å²) in [6.45, 7) is 1.54. The Morgan fingerprint density at radius 3 is 2.89 bits per heavy atom. The highest BCUT2D eigenvalue weighted by Crippen LogP contribution is 2.19. The number of likely N-dealkylation sites (tertiary alicyclic amines) is 1. The molecule has 1 atom stereocenters. The Hall–Kier alpha value is -1.36. The maximum atomic E-state index is 11.4. The van der Waals surface area contributed by atoms with Gasteiger partial charge in [0.25, 0.3) is 0 Å². The van der Waals surface area contributed by atoms with Crippen molar-refractivity contribution in [3.8, 4) is 0 Å². The molecule has 1 fully saturated rings. The number of hydrogen-bond acceptors (Lipinski definition) is 3. The van der Waals surface area contributed by atoms with Crippen molar-refractivity contribution in [1.82, 2.24) is 14.5 Å². The molecule has 2 rings (SSSR count). The zero-order chi connectivity index (χ0) is 13.0. The molecule has 1 aromatic heterocycles. The van der Waals surface area contributed by atoms with Crippen molar-refractivity contribution in [2.45, 2.75) is 44.7 Å². The predicted molar refractivity (Wildman–Crippen MR) is 68.1 cm³/mol. The first-order valence-electron chi connectivity index (χ1n) is 6.60. The van der Waals surface area contributed by atoms with Crippen LogP contribution in [0.5, 0.6) is 0 Å². The van der Waals surface area contributed by atoms with Gasteiger partial charge in [-0.15, -0.1) is 0 Å². The molecule has 1 unspecified atom stereocenters. The highest BCUT2D eigenvalue weighted by atomic mass is 16.4. The fourth-order valence-corrected chi connectivity index (χ4v) is 2.56. The first kappa shape index (κ1) is 13.1. The number of nitrogens with zero attached hydrogens (tertiary/aromatic N) is 3. The lowest BCUT2D eigenvalue weighted by Crippen LogP contribution is -2.42. The average Bonchev–Trinajstić information content (AvgIpc) is 2.68. The van der Waals surface area contributed by atoms with Crippen LogP contribution in [-0.4, -0.2) is 38.1 Å². The number of aliphatic carboxylic acids is 1. The van der Waals surface area contributed by atoms with Crippen molar-refractivity contribution in [1.29, 1.82) is 0 Å². The van der Waals surface area contributed by atoms with E-state index >= 15 is 0 Å². The van der Waals surface area contributed by atoms with Crippen molar-refractivity contribution in [2.75, 3.05) is 6.54 Å². The van der Waals surface area contributed by atoms with Crippen LogP contribution in [0.25, 0.3) is 0 Å². The molecule has 0 saturated carbocycles. The molecule has 2 heterocycles. The van der Waals surface area contributed by atoms with E-state index in [1.807, 2.05) is 17.8 Å². The van der Waals surface area contributed by atoms with Gasteiger partial charge >= 0.3 is 5.97 Å². The van der Waals surface area contributed by atoms with Crippen LogP contribution in [0.3, 0.4) is 0 Å². The van der Waals surface area contributed by atoms with Crippen molar-refractivity contribution in [2.24, 2.45) is 7.05 Å². The topological polar surface area (TPSA) is 58.4 Å². The van der Waals surface area contributed by atoms with Crippen LogP contribution in [0.1, 0.15) is 37.8 Å².